The third kappa shape index (κ3) is 3.80. The standard InChI is InChI=1S/C16H28N4O2/c1-4-15-14(9-17-20(15)10-12(2)3)18-16(22)19-8-6-5-7-13(19)11-21/h9,12-13,21H,4-8,10-11H2,1-3H3,(H,18,22)/t13-/m0/s1. The number of anilines is 1. The fourth-order valence-electron chi connectivity index (χ4n) is 3.04. The quantitative estimate of drug-likeness (QED) is 0.878. The van der Waals surface area contributed by atoms with Gasteiger partial charge < -0.3 is 15.3 Å². The number of nitrogens with one attached hydrogen (secondary N) is 1. The number of rotatable bonds is 5. The summed E-state index contributed by atoms with van der Waals surface area (Å²) >= 11 is 0. The molecule has 2 amide bonds. The number of aromatic nitrogens is 2. The van der Waals surface area contributed by atoms with Crippen molar-refractivity contribution in [3.05, 3.63) is 11.9 Å². The summed E-state index contributed by atoms with van der Waals surface area (Å²) in [4.78, 5) is 14.3. The first-order valence-corrected chi connectivity index (χ1v) is 8.30. The number of hydrogen-bond acceptors (Lipinski definition) is 3. The molecule has 1 aromatic heterocycles. The summed E-state index contributed by atoms with van der Waals surface area (Å²) in [5.74, 6) is 0.509. The molecule has 0 bridgehead atoms. The first kappa shape index (κ1) is 16.8. The van der Waals surface area contributed by atoms with Crippen molar-refractivity contribution in [2.24, 2.45) is 5.92 Å². The van der Waals surface area contributed by atoms with Gasteiger partial charge in [-0.25, -0.2) is 4.79 Å². The second-order valence-electron chi connectivity index (χ2n) is 6.39. The maximum absolute atomic E-state index is 12.5. The first-order chi connectivity index (χ1) is 10.6. The van der Waals surface area contributed by atoms with Crippen LogP contribution in [-0.4, -0.2) is 45.0 Å². The van der Waals surface area contributed by atoms with Crippen LogP contribution in [0.2, 0.25) is 0 Å². The van der Waals surface area contributed by atoms with E-state index in [1.165, 1.54) is 0 Å². The van der Waals surface area contributed by atoms with E-state index in [9.17, 15) is 9.90 Å². The Morgan fingerprint density at radius 1 is 1.50 bits per heavy atom. The topological polar surface area (TPSA) is 70.4 Å². The van der Waals surface area contributed by atoms with Crippen LogP contribution in [0.4, 0.5) is 10.5 Å². The van der Waals surface area contributed by atoms with E-state index >= 15 is 0 Å². The largest absolute Gasteiger partial charge is 0.394 e. The molecule has 6 heteroatoms. The van der Waals surface area contributed by atoms with Crippen LogP contribution in [0.3, 0.4) is 0 Å². The van der Waals surface area contributed by atoms with E-state index in [2.05, 4.69) is 31.2 Å². The predicted molar refractivity (Wildman–Crippen MR) is 86.9 cm³/mol. The lowest BCUT2D eigenvalue weighted by Gasteiger charge is -2.34. The van der Waals surface area contributed by atoms with E-state index in [0.29, 0.717) is 12.5 Å². The lowest BCUT2D eigenvalue weighted by Crippen LogP contribution is -2.47. The first-order valence-electron chi connectivity index (χ1n) is 8.30. The van der Waals surface area contributed by atoms with Crippen LogP contribution < -0.4 is 5.32 Å². The molecule has 6 nitrogen and oxygen atoms in total. The second kappa shape index (κ2) is 7.63. The Labute approximate surface area is 132 Å². The van der Waals surface area contributed by atoms with Gasteiger partial charge in [0.2, 0.25) is 0 Å². The maximum Gasteiger partial charge on any atom is 0.322 e. The number of urea groups is 1. The van der Waals surface area contributed by atoms with E-state index in [-0.39, 0.29) is 18.7 Å². The molecule has 0 aromatic carbocycles. The van der Waals surface area contributed by atoms with Crippen LogP contribution in [0, 0.1) is 5.92 Å². The lowest BCUT2D eigenvalue weighted by atomic mass is 10.0. The second-order valence-corrected chi connectivity index (χ2v) is 6.39. The molecule has 124 valence electrons. The zero-order valence-electron chi connectivity index (χ0n) is 13.9. The average molecular weight is 308 g/mol. The van der Waals surface area contributed by atoms with E-state index in [1.807, 2.05) is 4.68 Å². The number of carbonyl (C=O) groups is 1. The Morgan fingerprint density at radius 2 is 2.27 bits per heavy atom. The fraction of sp³-hybridized carbons (Fsp3) is 0.750. The Kier molecular flexibility index (Phi) is 5.83. The summed E-state index contributed by atoms with van der Waals surface area (Å²) in [7, 11) is 0. The summed E-state index contributed by atoms with van der Waals surface area (Å²) < 4.78 is 1.97. The van der Waals surface area contributed by atoms with Gasteiger partial charge in [0, 0.05) is 13.1 Å². The van der Waals surface area contributed by atoms with E-state index < -0.39 is 0 Å². The minimum atomic E-state index is -0.127. The smallest absolute Gasteiger partial charge is 0.322 e. The molecule has 0 spiro atoms. The summed E-state index contributed by atoms with van der Waals surface area (Å²) in [6.45, 7) is 7.96. The Bertz CT molecular complexity index is 498. The van der Waals surface area contributed by atoms with Gasteiger partial charge in [0.15, 0.2) is 0 Å². The summed E-state index contributed by atoms with van der Waals surface area (Å²) in [6, 6.07) is -0.193. The van der Waals surface area contributed by atoms with Gasteiger partial charge in [-0.05, 0) is 31.6 Å². The third-order valence-corrected chi connectivity index (χ3v) is 4.16. The minimum absolute atomic E-state index is 0.0284. The van der Waals surface area contributed by atoms with Gasteiger partial charge in [0.05, 0.1) is 30.2 Å². The zero-order valence-corrected chi connectivity index (χ0v) is 13.9. The molecule has 1 aliphatic heterocycles. The maximum atomic E-state index is 12.5. The van der Waals surface area contributed by atoms with E-state index in [4.69, 9.17) is 0 Å². The van der Waals surface area contributed by atoms with Gasteiger partial charge in [-0.1, -0.05) is 20.8 Å². The van der Waals surface area contributed by atoms with Crippen molar-refractivity contribution in [1.29, 1.82) is 0 Å². The van der Waals surface area contributed by atoms with Crippen LogP contribution in [0.5, 0.6) is 0 Å². The predicted octanol–water partition coefficient (Wildman–Crippen LogP) is 2.48. The third-order valence-electron chi connectivity index (χ3n) is 4.16. The molecule has 0 saturated carbocycles. The zero-order chi connectivity index (χ0) is 16.1. The minimum Gasteiger partial charge on any atom is -0.394 e. The van der Waals surface area contributed by atoms with Crippen molar-refractivity contribution in [2.45, 2.75) is 59.0 Å². The van der Waals surface area contributed by atoms with Crippen LogP contribution in [-0.2, 0) is 13.0 Å². The number of hydrogen-bond donors (Lipinski definition) is 2. The number of piperidine rings is 1. The Morgan fingerprint density at radius 3 is 2.91 bits per heavy atom. The van der Waals surface area contributed by atoms with E-state index in [1.54, 1.807) is 11.1 Å². The SMILES string of the molecule is CCc1c(NC(=O)N2CCCC[C@H]2CO)cnn1CC(C)C. The van der Waals surface area contributed by atoms with Crippen LogP contribution in [0.25, 0.3) is 0 Å². The van der Waals surface area contributed by atoms with Crippen molar-refractivity contribution < 1.29 is 9.90 Å². The van der Waals surface area contributed by atoms with Gasteiger partial charge in [0.25, 0.3) is 0 Å². The molecular formula is C16H28N4O2. The fourth-order valence-corrected chi connectivity index (χ4v) is 3.04. The highest BCUT2D eigenvalue weighted by atomic mass is 16.3. The number of carbonyl (C=O) groups excluding carboxylic acids is 1. The molecule has 1 atom stereocenters. The van der Waals surface area contributed by atoms with Crippen molar-refractivity contribution in [3.8, 4) is 0 Å². The van der Waals surface area contributed by atoms with Gasteiger partial charge >= 0.3 is 6.03 Å². The lowest BCUT2D eigenvalue weighted by molar-refractivity contribution is 0.115. The number of aliphatic hydroxyl groups excluding tert-OH is 1. The number of aliphatic hydroxyl groups is 1. The van der Waals surface area contributed by atoms with Gasteiger partial charge in [-0.2, -0.15) is 5.10 Å². The number of likely N-dealkylation sites (tertiary alicyclic amines) is 1. The molecule has 22 heavy (non-hydrogen) atoms. The summed E-state index contributed by atoms with van der Waals surface area (Å²) in [5, 5.41) is 16.8. The molecule has 0 unspecified atom stereocenters. The van der Waals surface area contributed by atoms with Gasteiger partial charge in [-0.3, -0.25) is 4.68 Å². The highest BCUT2D eigenvalue weighted by Gasteiger charge is 2.26. The highest BCUT2D eigenvalue weighted by Crippen LogP contribution is 2.21. The van der Waals surface area contributed by atoms with Gasteiger partial charge in [0.1, 0.15) is 0 Å². The van der Waals surface area contributed by atoms with Crippen molar-refractivity contribution in [2.75, 3.05) is 18.5 Å². The highest BCUT2D eigenvalue weighted by molar-refractivity contribution is 5.90. The normalized spacial score (nSPS) is 18.8. The van der Waals surface area contributed by atoms with Crippen molar-refractivity contribution in [3.63, 3.8) is 0 Å². The Balaban J connectivity index is 2.09. The molecule has 2 heterocycles. The summed E-state index contributed by atoms with van der Waals surface area (Å²) in [5.41, 5.74) is 1.84. The molecular weight excluding hydrogens is 280 g/mol. The monoisotopic (exact) mass is 308 g/mol. The van der Waals surface area contributed by atoms with Crippen LogP contribution >= 0.6 is 0 Å². The van der Waals surface area contributed by atoms with Crippen LogP contribution in [0.1, 0.15) is 45.7 Å². The number of amides is 2. The van der Waals surface area contributed by atoms with Gasteiger partial charge in [-0.15, -0.1) is 0 Å². The van der Waals surface area contributed by atoms with Crippen molar-refractivity contribution in [1.82, 2.24) is 14.7 Å². The molecule has 1 fully saturated rings. The molecule has 1 saturated heterocycles. The molecule has 0 aliphatic carbocycles. The molecule has 1 aromatic rings. The molecule has 1 aliphatic rings. The molecule has 0 radical (unpaired) electrons. The van der Waals surface area contributed by atoms with Crippen LogP contribution in [0.15, 0.2) is 6.20 Å². The Hall–Kier alpha value is -1.56. The molecule has 2 rings (SSSR count). The van der Waals surface area contributed by atoms with E-state index in [0.717, 1.165) is 43.6 Å². The molecule has 2 N–H and O–H groups in total. The average Bonchev–Trinajstić information content (AvgIpc) is 2.87. The number of nitrogens with zero attached hydrogens (tertiary/aromatic N) is 3. The summed E-state index contributed by atoms with van der Waals surface area (Å²) in [6.07, 6.45) is 5.50. The van der Waals surface area contributed by atoms with Crippen molar-refractivity contribution >= 4 is 11.7 Å².